The first-order valence-electron chi connectivity index (χ1n) is 15.5. The van der Waals surface area contributed by atoms with Crippen LogP contribution in [0.3, 0.4) is 0 Å². The Bertz CT molecular complexity index is 775. The van der Waals surface area contributed by atoms with Crippen LogP contribution < -0.4 is 22.1 Å². The van der Waals surface area contributed by atoms with Gasteiger partial charge in [-0.25, -0.2) is 0 Å². The first kappa shape index (κ1) is 41.2. The number of hydrogen-bond acceptors (Lipinski definition) is 10. The number of esters is 3. The highest BCUT2D eigenvalue weighted by Gasteiger charge is 2.41. The smallest absolute Gasteiger partial charge is 0.302 e. The van der Waals surface area contributed by atoms with Crippen molar-refractivity contribution in [2.45, 2.75) is 194 Å². The summed E-state index contributed by atoms with van der Waals surface area (Å²) >= 11 is 0. The average molecular weight is 615 g/mol. The summed E-state index contributed by atoms with van der Waals surface area (Å²) in [6, 6.07) is 0. The maximum absolute atomic E-state index is 10.9. The SMILES string of the molecule is CC(=O)OC1CC(C)(C)NC(C)(C)C1.CC(=O)OC1CC(C)(C)NC(C)(C)C1.CC(=O)OC1CC(C)(C)NC(C)(C)C1.N. The van der Waals surface area contributed by atoms with Crippen LogP contribution in [0.2, 0.25) is 0 Å². The molecule has 0 atom stereocenters. The summed E-state index contributed by atoms with van der Waals surface area (Å²) in [4.78, 5) is 32.7. The second-order valence-electron chi connectivity index (χ2n) is 16.6. The van der Waals surface area contributed by atoms with Crippen molar-refractivity contribution in [1.29, 1.82) is 0 Å². The third-order valence-corrected chi connectivity index (χ3v) is 7.46. The largest absolute Gasteiger partial charge is 0.462 e. The fraction of sp³-hybridized carbons (Fsp3) is 0.909. The molecule has 6 N–H and O–H groups in total. The zero-order chi connectivity index (χ0) is 32.9. The van der Waals surface area contributed by atoms with Gasteiger partial charge in [-0.1, -0.05) is 0 Å². The predicted molar refractivity (Wildman–Crippen MR) is 173 cm³/mol. The van der Waals surface area contributed by atoms with Gasteiger partial charge in [0.2, 0.25) is 0 Å². The molecule has 0 aromatic heterocycles. The lowest BCUT2D eigenvalue weighted by Gasteiger charge is -2.45. The van der Waals surface area contributed by atoms with E-state index in [1.165, 1.54) is 20.8 Å². The minimum atomic E-state index is -0.177. The molecule has 10 heteroatoms. The Morgan fingerprint density at radius 2 is 0.558 bits per heavy atom. The Morgan fingerprint density at radius 1 is 0.419 bits per heavy atom. The molecule has 3 rings (SSSR count). The molecule has 254 valence electrons. The molecular weight excluding hydrogens is 548 g/mol. The summed E-state index contributed by atoms with van der Waals surface area (Å²) < 4.78 is 15.9. The predicted octanol–water partition coefficient (Wildman–Crippen LogP) is 5.74. The number of hydrogen-bond donors (Lipinski definition) is 4. The van der Waals surface area contributed by atoms with E-state index in [0.717, 1.165) is 38.5 Å². The third kappa shape index (κ3) is 17.4. The summed E-state index contributed by atoms with van der Waals surface area (Å²) in [5, 5.41) is 10.6. The monoisotopic (exact) mass is 614 g/mol. The second-order valence-corrected chi connectivity index (χ2v) is 16.6. The molecular formula is C33H66N4O6. The van der Waals surface area contributed by atoms with Crippen molar-refractivity contribution in [3.05, 3.63) is 0 Å². The van der Waals surface area contributed by atoms with Gasteiger partial charge in [0.1, 0.15) is 18.3 Å². The normalized spacial score (nSPS) is 25.2. The first-order chi connectivity index (χ1) is 18.6. The van der Waals surface area contributed by atoms with E-state index in [2.05, 4.69) is 99.0 Å². The molecule has 3 heterocycles. The maximum atomic E-state index is 10.9. The summed E-state index contributed by atoms with van der Waals surface area (Å²) in [5.74, 6) is -0.532. The van der Waals surface area contributed by atoms with E-state index < -0.39 is 0 Å². The van der Waals surface area contributed by atoms with Gasteiger partial charge in [0.05, 0.1) is 0 Å². The minimum absolute atomic E-state index is 0. The van der Waals surface area contributed by atoms with Gasteiger partial charge in [0.15, 0.2) is 0 Å². The van der Waals surface area contributed by atoms with Gasteiger partial charge in [0.25, 0.3) is 0 Å². The molecule has 0 unspecified atom stereocenters. The molecule has 3 aliphatic rings. The molecule has 0 amide bonds. The third-order valence-electron chi connectivity index (χ3n) is 7.46. The zero-order valence-electron chi connectivity index (χ0n) is 30.1. The Labute approximate surface area is 262 Å². The number of carbonyl (C=O) groups is 3. The first-order valence-corrected chi connectivity index (χ1v) is 15.5. The second kappa shape index (κ2) is 15.0. The summed E-state index contributed by atoms with van der Waals surface area (Å²) in [6.07, 6.45) is 5.47. The highest BCUT2D eigenvalue weighted by atomic mass is 16.5. The quantitative estimate of drug-likeness (QED) is 0.229. The van der Waals surface area contributed by atoms with Crippen molar-refractivity contribution in [2.24, 2.45) is 0 Å². The van der Waals surface area contributed by atoms with Gasteiger partial charge in [0, 0.05) is 92.5 Å². The molecule has 3 fully saturated rings. The fourth-order valence-electron chi connectivity index (χ4n) is 7.64. The number of piperidine rings is 3. The topological polar surface area (TPSA) is 150 Å². The molecule has 43 heavy (non-hydrogen) atoms. The van der Waals surface area contributed by atoms with Crippen LogP contribution in [0, 0.1) is 0 Å². The lowest BCUT2D eigenvalue weighted by Crippen LogP contribution is -2.59. The van der Waals surface area contributed by atoms with Crippen molar-refractivity contribution in [3.63, 3.8) is 0 Å². The highest BCUT2D eigenvalue weighted by Crippen LogP contribution is 2.32. The van der Waals surface area contributed by atoms with E-state index >= 15 is 0 Å². The molecule has 3 saturated heterocycles. The standard InChI is InChI=1S/3C11H21NO2.H3N/c3*1-8(13)14-9-6-10(2,3)12-11(4,5)7-9;/h3*9,12H,6-7H2,1-5H3;1H3. The van der Waals surface area contributed by atoms with Crippen LogP contribution in [-0.4, -0.2) is 69.5 Å². The highest BCUT2D eigenvalue weighted by molar-refractivity contribution is 5.66. The fourth-order valence-corrected chi connectivity index (χ4v) is 7.64. The van der Waals surface area contributed by atoms with Gasteiger partial charge in [-0.15, -0.1) is 0 Å². The molecule has 0 aliphatic carbocycles. The van der Waals surface area contributed by atoms with Crippen LogP contribution in [0.4, 0.5) is 0 Å². The summed E-state index contributed by atoms with van der Waals surface area (Å²) in [7, 11) is 0. The van der Waals surface area contributed by atoms with Crippen LogP contribution in [0.15, 0.2) is 0 Å². The van der Waals surface area contributed by atoms with E-state index in [4.69, 9.17) is 14.2 Å². The van der Waals surface area contributed by atoms with E-state index in [-0.39, 0.29) is 75.6 Å². The van der Waals surface area contributed by atoms with Gasteiger partial charge in [-0.05, 0) is 83.1 Å². The minimum Gasteiger partial charge on any atom is -0.462 e. The molecule has 0 bridgehead atoms. The lowest BCUT2D eigenvalue weighted by molar-refractivity contribution is -0.151. The molecule has 10 nitrogen and oxygen atoms in total. The van der Waals surface area contributed by atoms with Crippen molar-refractivity contribution in [1.82, 2.24) is 22.1 Å². The van der Waals surface area contributed by atoms with Gasteiger partial charge < -0.3 is 36.3 Å². The van der Waals surface area contributed by atoms with Crippen molar-refractivity contribution < 1.29 is 28.6 Å². The van der Waals surface area contributed by atoms with Gasteiger partial charge in [-0.2, -0.15) is 0 Å². The number of carbonyl (C=O) groups excluding carboxylic acids is 3. The Balaban J connectivity index is 0.000000608. The van der Waals surface area contributed by atoms with Gasteiger partial charge >= 0.3 is 17.9 Å². The van der Waals surface area contributed by atoms with Crippen molar-refractivity contribution in [2.75, 3.05) is 0 Å². The lowest BCUT2D eigenvalue weighted by atomic mass is 9.81. The zero-order valence-corrected chi connectivity index (χ0v) is 30.1. The van der Waals surface area contributed by atoms with Gasteiger partial charge in [-0.3, -0.25) is 14.4 Å². The maximum Gasteiger partial charge on any atom is 0.302 e. The number of rotatable bonds is 3. The molecule has 0 aromatic rings. The van der Waals surface area contributed by atoms with E-state index in [9.17, 15) is 14.4 Å². The van der Waals surface area contributed by atoms with E-state index in [1.54, 1.807) is 0 Å². The van der Waals surface area contributed by atoms with Crippen LogP contribution in [-0.2, 0) is 28.6 Å². The Morgan fingerprint density at radius 3 is 0.674 bits per heavy atom. The van der Waals surface area contributed by atoms with Crippen LogP contribution in [0.1, 0.15) is 142 Å². The van der Waals surface area contributed by atoms with Crippen LogP contribution >= 0.6 is 0 Å². The summed E-state index contributed by atoms with van der Waals surface area (Å²) in [6.45, 7) is 30.1. The molecule has 3 aliphatic heterocycles. The Kier molecular flexibility index (Phi) is 14.4. The van der Waals surface area contributed by atoms with Crippen molar-refractivity contribution >= 4 is 17.9 Å². The molecule has 0 aromatic carbocycles. The van der Waals surface area contributed by atoms with E-state index in [0.29, 0.717) is 0 Å². The van der Waals surface area contributed by atoms with Crippen LogP contribution in [0.5, 0.6) is 0 Å². The average Bonchev–Trinajstić information content (AvgIpc) is 2.58. The number of nitrogens with one attached hydrogen (secondary N) is 3. The number of ether oxygens (including phenoxy) is 3. The Hall–Kier alpha value is -1.75. The molecule has 0 spiro atoms. The van der Waals surface area contributed by atoms with E-state index in [1.807, 2.05) is 0 Å². The summed E-state index contributed by atoms with van der Waals surface area (Å²) in [5.41, 5.74) is 0.261. The molecule has 0 radical (unpaired) electrons. The van der Waals surface area contributed by atoms with Crippen molar-refractivity contribution in [3.8, 4) is 0 Å². The molecule has 0 saturated carbocycles. The van der Waals surface area contributed by atoms with Crippen LogP contribution in [0.25, 0.3) is 0 Å².